The molecule has 120 valence electrons. The van der Waals surface area contributed by atoms with E-state index in [0.717, 1.165) is 12.3 Å². The summed E-state index contributed by atoms with van der Waals surface area (Å²) in [6, 6.07) is 10.9. The van der Waals surface area contributed by atoms with Gasteiger partial charge in [0.05, 0.1) is 0 Å². The molecule has 0 saturated carbocycles. The third-order valence-electron chi connectivity index (χ3n) is 4.25. The lowest BCUT2D eigenvalue weighted by atomic mass is 9.89. The topological polar surface area (TPSA) is 15.3 Å². The van der Waals surface area contributed by atoms with E-state index in [1.54, 1.807) is 0 Å². The molecule has 1 heterocycles. The van der Waals surface area contributed by atoms with Gasteiger partial charge in [0.15, 0.2) is 0 Å². The van der Waals surface area contributed by atoms with E-state index in [4.69, 9.17) is 0 Å². The predicted octanol–water partition coefficient (Wildman–Crippen LogP) is 3.61. The second kappa shape index (κ2) is 8.77. The number of hydrogen-bond donors (Lipinski definition) is 1. The maximum atomic E-state index is 3.52. The van der Waals surface area contributed by atoms with Crippen LogP contribution in [0.5, 0.6) is 0 Å². The molecule has 0 spiro atoms. The van der Waals surface area contributed by atoms with Crippen molar-refractivity contribution < 1.29 is 0 Å². The smallest absolute Gasteiger partial charge is 0.00482 e. The molecule has 0 aromatic heterocycles. The van der Waals surface area contributed by atoms with Crippen molar-refractivity contribution in [2.24, 2.45) is 11.3 Å². The molecule has 0 radical (unpaired) electrons. The van der Waals surface area contributed by atoms with Crippen LogP contribution < -0.4 is 5.32 Å². The zero-order valence-electron chi connectivity index (χ0n) is 13.8. The number of nitrogens with one attached hydrogen (secondary N) is 1. The van der Waals surface area contributed by atoms with Crippen molar-refractivity contribution in [3.63, 3.8) is 0 Å². The van der Waals surface area contributed by atoms with E-state index < -0.39 is 0 Å². The molecule has 0 bridgehead atoms. The third-order valence-corrected chi connectivity index (χ3v) is 4.25. The quantitative estimate of drug-likeness (QED) is 0.827. The second-order valence-electron chi connectivity index (χ2n) is 7.10. The van der Waals surface area contributed by atoms with Gasteiger partial charge in [-0.15, -0.1) is 12.4 Å². The molecule has 1 saturated heterocycles. The molecular weight excluding hydrogens is 280 g/mol. The predicted molar refractivity (Wildman–Crippen MR) is 94.3 cm³/mol. The summed E-state index contributed by atoms with van der Waals surface area (Å²) in [6.45, 7) is 13.1. The van der Waals surface area contributed by atoms with Gasteiger partial charge in [0.1, 0.15) is 0 Å². The molecule has 1 aromatic carbocycles. The summed E-state index contributed by atoms with van der Waals surface area (Å²) in [6.07, 6.45) is 2.48. The van der Waals surface area contributed by atoms with Gasteiger partial charge in [-0.3, -0.25) is 0 Å². The minimum atomic E-state index is 0. The summed E-state index contributed by atoms with van der Waals surface area (Å²) in [5.74, 6) is 0.740. The molecule has 21 heavy (non-hydrogen) atoms. The zero-order valence-corrected chi connectivity index (χ0v) is 14.6. The maximum Gasteiger partial charge on any atom is 0.00482 e. The first kappa shape index (κ1) is 18.5. The minimum absolute atomic E-state index is 0. The molecule has 3 heteroatoms. The first-order valence-corrected chi connectivity index (χ1v) is 8.04. The Balaban J connectivity index is 0.00000220. The SMILES string of the molecule is CC(C)CN(CCc1ccccc1)CC1(C)CCNC1.Cl. The first-order valence-electron chi connectivity index (χ1n) is 8.04. The van der Waals surface area contributed by atoms with Crippen molar-refractivity contribution in [2.75, 3.05) is 32.7 Å². The summed E-state index contributed by atoms with van der Waals surface area (Å²) >= 11 is 0. The van der Waals surface area contributed by atoms with Gasteiger partial charge in [-0.05, 0) is 36.3 Å². The first-order chi connectivity index (χ1) is 9.57. The summed E-state index contributed by atoms with van der Waals surface area (Å²) in [5.41, 5.74) is 1.92. The molecule has 1 aliphatic heterocycles. The molecule has 1 fully saturated rings. The largest absolute Gasteiger partial charge is 0.316 e. The third kappa shape index (κ3) is 6.37. The maximum absolute atomic E-state index is 3.52. The van der Waals surface area contributed by atoms with E-state index in [0.29, 0.717) is 5.41 Å². The van der Waals surface area contributed by atoms with Crippen LogP contribution in [0.25, 0.3) is 0 Å². The molecule has 0 amide bonds. The zero-order chi connectivity index (χ0) is 14.4. The van der Waals surface area contributed by atoms with Crippen LogP contribution in [0.1, 0.15) is 32.8 Å². The summed E-state index contributed by atoms with van der Waals surface area (Å²) in [5, 5.41) is 3.52. The lowest BCUT2D eigenvalue weighted by Crippen LogP contribution is -2.40. The summed E-state index contributed by atoms with van der Waals surface area (Å²) < 4.78 is 0. The lowest BCUT2D eigenvalue weighted by molar-refractivity contribution is 0.163. The Morgan fingerprint density at radius 2 is 1.95 bits per heavy atom. The van der Waals surface area contributed by atoms with Gasteiger partial charge in [-0.2, -0.15) is 0 Å². The number of hydrogen-bond acceptors (Lipinski definition) is 2. The van der Waals surface area contributed by atoms with Crippen LogP contribution in [0, 0.1) is 11.3 Å². The van der Waals surface area contributed by atoms with E-state index in [9.17, 15) is 0 Å². The Labute approximate surface area is 136 Å². The van der Waals surface area contributed by atoms with Gasteiger partial charge in [0.25, 0.3) is 0 Å². The second-order valence-corrected chi connectivity index (χ2v) is 7.10. The number of nitrogens with zero attached hydrogens (tertiary/aromatic N) is 1. The van der Waals surface area contributed by atoms with Crippen molar-refractivity contribution in [1.82, 2.24) is 10.2 Å². The fourth-order valence-corrected chi connectivity index (χ4v) is 3.23. The molecule has 1 aromatic rings. The van der Waals surface area contributed by atoms with Gasteiger partial charge in [0, 0.05) is 26.2 Å². The molecule has 1 N–H and O–H groups in total. The Bertz CT molecular complexity index is 385. The fraction of sp³-hybridized carbons (Fsp3) is 0.667. The summed E-state index contributed by atoms with van der Waals surface area (Å²) in [4.78, 5) is 2.67. The van der Waals surface area contributed by atoms with Gasteiger partial charge in [-0.25, -0.2) is 0 Å². The van der Waals surface area contributed by atoms with Crippen LogP contribution in [0.4, 0.5) is 0 Å². The van der Waals surface area contributed by atoms with Crippen molar-refractivity contribution in [2.45, 2.75) is 33.6 Å². The number of halogens is 1. The monoisotopic (exact) mass is 310 g/mol. The van der Waals surface area contributed by atoms with Gasteiger partial charge < -0.3 is 10.2 Å². The van der Waals surface area contributed by atoms with Gasteiger partial charge in [0.2, 0.25) is 0 Å². The Kier molecular flexibility index (Phi) is 7.72. The van der Waals surface area contributed by atoms with Crippen LogP contribution in [0.2, 0.25) is 0 Å². The molecular formula is C18H31ClN2. The molecule has 1 aliphatic rings. The molecule has 0 aliphatic carbocycles. The van der Waals surface area contributed by atoms with Crippen LogP contribution in [-0.4, -0.2) is 37.6 Å². The Hall–Kier alpha value is -0.570. The van der Waals surface area contributed by atoms with Crippen molar-refractivity contribution >= 4 is 12.4 Å². The summed E-state index contributed by atoms with van der Waals surface area (Å²) in [7, 11) is 0. The van der Waals surface area contributed by atoms with Crippen molar-refractivity contribution in [1.29, 1.82) is 0 Å². The Morgan fingerprint density at radius 1 is 1.24 bits per heavy atom. The van der Waals surface area contributed by atoms with E-state index in [-0.39, 0.29) is 12.4 Å². The average Bonchev–Trinajstić information content (AvgIpc) is 2.83. The number of rotatable bonds is 7. The molecule has 2 rings (SSSR count). The highest BCUT2D eigenvalue weighted by Crippen LogP contribution is 2.26. The van der Waals surface area contributed by atoms with E-state index >= 15 is 0 Å². The van der Waals surface area contributed by atoms with E-state index in [1.807, 2.05) is 0 Å². The normalized spacial score (nSPS) is 21.8. The van der Waals surface area contributed by atoms with Crippen molar-refractivity contribution in [3.05, 3.63) is 35.9 Å². The fourth-order valence-electron chi connectivity index (χ4n) is 3.23. The highest BCUT2D eigenvalue weighted by atomic mass is 35.5. The lowest BCUT2D eigenvalue weighted by Gasteiger charge is -2.33. The minimum Gasteiger partial charge on any atom is -0.316 e. The van der Waals surface area contributed by atoms with Crippen LogP contribution in [0.3, 0.4) is 0 Å². The molecule has 1 unspecified atom stereocenters. The molecule has 1 atom stereocenters. The molecule has 2 nitrogen and oxygen atoms in total. The number of benzene rings is 1. The van der Waals surface area contributed by atoms with Crippen molar-refractivity contribution in [3.8, 4) is 0 Å². The Morgan fingerprint density at radius 3 is 2.52 bits per heavy atom. The van der Waals surface area contributed by atoms with Gasteiger partial charge >= 0.3 is 0 Å². The van der Waals surface area contributed by atoms with Crippen LogP contribution in [-0.2, 0) is 6.42 Å². The van der Waals surface area contributed by atoms with Crippen LogP contribution >= 0.6 is 12.4 Å². The highest BCUT2D eigenvalue weighted by Gasteiger charge is 2.30. The van der Waals surface area contributed by atoms with Crippen LogP contribution in [0.15, 0.2) is 30.3 Å². The van der Waals surface area contributed by atoms with E-state index in [1.165, 1.54) is 44.7 Å². The standard InChI is InChI=1S/C18H30N2.ClH/c1-16(2)13-20(15-18(3)10-11-19-14-18)12-9-17-7-5-4-6-8-17;/h4-8,16,19H,9-15H2,1-3H3;1H. The van der Waals surface area contributed by atoms with E-state index in [2.05, 4.69) is 61.3 Å². The average molecular weight is 311 g/mol. The van der Waals surface area contributed by atoms with Gasteiger partial charge in [-0.1, -0.05) is 51.1 Å². The highest BCUT2D eigenvalue weighted by molar-refractivity contribution is 5.85.